The van der Waals surface area contributed by atoms with E-state index in [1.165, 1.54) is 11.8 Å². The molecular formula is C32H29N5O3S. The van der Waals surface area contributed by atoms with Crippen molar-refractivity contribution in [2.45, 2.75) is 12.1 Å². The highest BCUT2D eigenvalue weighted by atomic mass is 32.2. The Balaban J connectivity index is 1.30. The highest BCUT2D eigenvalue weighted by molar-refractivity contribution is 7.99. The number of carbonyl (C=O) groups is 1. The fraction of sp³-hybridized carbons (Fsp3) is 0.125. The Morgan fingerprint density at radius 1 is 0.805 bits per heavy atom. The van der Waals surface area contributed by atoms with Gasteiger partial charge in [-0.15, -0.1) is 10.2 Å². The number of para-hydroxylation sites is 1. The molecule has 0 aliphatic heterocycles. The minimum absolute atomic E-state index is 0.112. The number of thioether (sulfide) groups is 1. The average Bonchev–Trinajstić information content (AvgIpc) is 3.47. The van der Waals surface area contributed by atoms with E-state index in [0.717, 1.165) is 27.9 Å². The second kappa shape index (κ2) is 13.0. The van der Waals surface area contributed by atoms with Crippen molar-refractivity contribution >= 4 is 23.4 Å². The first kappa shape index (κ1) is 27.7. The monoisotopic (exact) mass is 563 g/mol. The SMILES string of the molecule is COc1ccc(-c2nnc(SCC(=O)NN=C(C)c3ccc(-c4ccccc4)cc3)n2-c2ccccc2)cc1OC. The maximum absolute atomic E-state index is 12.7. The van der Waals surface area contributed by atoms with E-state index in [9.17, 15) is 4.79 Å². The van der Waals surface area contributed by atoms with E-state index in [-0.39, 0.29) is 11.7 Å². The summed E-state index contributed by atoms with van der Waals surface area (Å²) in [6.45, 7) is 1.87. The van der Waals surface area contributed by atoms with Crippen LogP contribution in [0.4, 0.5) is 0 Å². The van der Waals surface area contributed by atoms with Crippen LogP contribution in [0.25, 0.3) is 28.2 Å². The van der Waals surface area contributed by atoms with Gasteiger partial charge >= 0.3 is 0 Å². The van der Waals surface area contributed by atoms with Gasteiger partial charge in [-0.25, -0.2) is 5.43 Å². The highest BCUT2D eigenvalue weighted by Gasteiger charge is 2.19. The number of benzene rings is 4. The molecule has 0 bridgehead atoms. The smallest absolute Gasteiger partial charge is 0.250 e. The molecule has 0 spiro atoms. The molecule has 0 radical (unpaired) electrons. The lowest BCUT2D eigenvalue weighted by Crippen LogP contribution is -2.21. The van der Waals surface area contributed by atoms with Gasteiger partial charge in [-0.2, -0.15) is 5.10 Å². The van der Waals surface area contributed by atoms with Crippen LogP contribution in [0.1, 0.15) is 12.5 Å². The number of hydrazone groups is 1. The van der Waals surface area contributed by atoms with E-state index in [4.69, 9.17) is 9.47 Å². The molecule has 0 aliphatic rings. The molecule has 8 nitrogen and oxygen atoms in total. The van der Waals surface area contributed by atoms with Crippen LogP contribution in [0.15, 0.2) is 113 Å². The average molecular weight is 564 g/mol. The summed E-state index contributed by atoms with van der Waals surface area (Å²) in [7, 11) is 3.18. The molecule has 0 atom stereocenters. The van der Waals surface area contributed by atoms with Gasteiger partial charge in [-0.3, -0.25) is 9.36 Å². The second-order valence-corrected chi connectivity index (χ2v) is 9.95. The third-order valence-corrected chi connectivity index (χ3v) is 7.31. The van der Waals surface area contributed by atoms with Crippen molar-refractivity contribution in [2.75, 3.05) is 20.0 Å². The van der Waals surface area contributed by atoms with E-state index < -0.39 is 0 Å². The van der Waals surface area contributed by atoms with E-state index in [1.807, 2.05) is 102 Å². The molecule has 1 heterocycles. The fourth-order valence-electron chi connectivity index (χ4n) is 4.24. The molecule has 0 saturated carbocycles. The molecule has 5 rings (SSSR count). The van der Waals surface area contributed by atoms with Crippen molar-refractivity contribution in [2.24, 2.45) is 5.10 Å². The van der Waals surface area contributed by atoms with Gasteiger partial charge in [0.2, 0.25) is 0 Å². The van der Waals surface area contributed by atoms with Gasteiger partial charge < -0.3 is 9.47 Å². The lowest BCUT2D eigenvalue weighted by atomic mass is 10.0. The summed E-state index contributed by atoms with van der Waals surface area (Å²) in [5.41, 5.74) is 8.25. The van der Waals surface area contributed by atoms with E-state index in [1.54, 1.807) is 14.2 Å². The molecule has 0 aliphatic carbocycles. The Hall–Kier alpha value is -4.89. The van der Waals surface area contributed by atoms with Crippen LogP contribution < -0.4 is 14.9 Å². The Morgan fingerprint density at radius 3 is 2.12 bits per heavy atom. The van der Waals surface area contributed by atoms with Crippen molar-refractivity contribution in [1.29, 1.82) is 0 Å². The Bertz CT molecular complexity index is 1650. The van der Waals surface area contributed by atoms with Crippen molar-refractivity contribution in [3.8, 4) is 39.7 Å². The third-order valence-electron chi connectivity index (χ3n) is 6.38. The molecule has 1 amide bonds. The number of carbonyl (C=O) groups excluding carboxylic acids is 1. The number of aromatic nitrogens is 3. The first-order valence-electron chi connectivity index (χ1n) is 12.9. The molecule has 1 aromatic heterocycles. The number of methoxy groups -OCH3 is 2. The predicted octanol–water partition coefficient (Wildman–Crippen LogP) is 6.25. The molecule has 1 N–H and O–H groups in total. The fourth-order valence-corrected chi connectivity index (χ4v) is 4.99. The first-order valence-corrected chi connectivity index (χ1v) is 13.9. The standard InChI is InChI=1S/C32H29N5O3S/c1-22(23-14-16-25(17-15-23)24-10-6-4-7-11-24)33-34-30(38)21-41-32-36-35-31(37(32)27-12-8-5-9-13-27)26-18-19-28(39-2)29(20-26)40-3/h4-20H,21H2,1-3H3,(H,34,38). The Morgan fingerprint density at radius 2 is 1.44 bits per heavy atom. The Labute approximate surface area is 243 Å². The molecule has 0 unspecified atom stereocenters. The van der Waals surface area contributed by atoms with Gasteiger partial charge in [-0.05, 0) is 53.9 Å². The second-order valence-electron chi connectivity index (χ2n) is 9.01. The van der Waals surface area contributed by atoms with Gasteiger partial charge in [0.05, 0.1) is 25.7 Å². The largest absolute Gasteiger partial charge is 0.493 e. The summed E-state index contributed by atoms with van der Waals surface area (Å²) >= 11 is 1.28. The van der Waals surface area contributed by atoms with Gasteiger partial charge in [0.25, 0.3) is 5.91 Å². The zero-order chi connectivity index (χ0) is 28.6. The lowest BCUT2D eigenvalue weighted by Gasteiger charge is -2.12. The van der Waals surface area contributed by atoms with Crippen LogP contribution >= 0.6 is 11.8 Å². The normalized spacial score (nSPS) is 11.2. The number of nitrogens with zero attached hydrogens (tertiary/aromatic N) is 4. The van der Waals surface area contributed by atoms with Crippen LogP contribution in [-0.4, -0.2) is 46.4 Å². The summed E-state index contributed by atoms with van der Waals surface area (Å²) in [6.07, 6.45) is 0. The van der Waals surface area contributed by atoms with Crippen molar-refractivity contribution in [3.05, 3.63) is 109 Å². The maximum atomic E-state index is 12.7. The summed E-state index contributed by atoms with van der Waals surface area (Å²) in [5.74, 6) is 1.69. The minimum Gasteiger partial charge on any atom is -0.493 e. The number of hydrogen-bond acceptors (Lipinski definition) is 7. The lowest BCUT2D eigenvalue weighted by molar-refractivity contribution is -0.118. The molecule has 4 aromatic carbocycles. The first-order chi connectivity index (χ1) is 20.1. The zero-order valence-electron chi connectivity index (χ0n) is 22.9. The number of nitrogens with one attached hydrogen (secondary N) is 1. The predicted molar refractivity (Wildman–Crippen MR) is 163 cm³/mol. The van der Waals surface area contributed by atoms with Crippen LogP contribution in [0.5, 0.6) is 11.5 Å². The molecular weight excluding hydrogens is 534 g/mol. The summed E-state index contributed by atoms with van der Waals surface area (Å²) in [4.78, 5) is 12.7. The van der Waals surface area contributed by atoms with Crippen LogP contribution in [0.2, 0.25) is 0 Å². The summed E-state index contributed by atoms with van der Waals surface area (Å²) in [5, 5.41) is 13.7. The number of amides is 1. The quantitative estimate of drug-likeness (QED) is 0.123. The molecule has 9 heteroatoms. The van der Waals surface area contributed by atoms with Gasteiger partial charge in [-0.1, -0.05) is 84.6 Å². The van der Waals surface area contributed by atoms with Crippen molar-refractivity contribution in [3.63, 3.8) is 0 Å². The minimum atomic E-state index is -0.245. The molecule has 0 fully saturated rings. The van der Waals surface area contributed by atoms with Gasteiger partial charge in [0.15, 0.2) is 22.5 Å². The van der Waals surface area contributed by atoms with E-state index in [0.29, 0.717) is 28.2 Å². The Kier molecular flexibility index (Phi) is 8.76. The van der Waals surface area contributed by atoms with E-state index in [2.05, 4.69) is 32.9 Å². The van der Waals surface area contributed by atoms with Crippen molar-refractivity contribution in [1.82, 2.24) is 20.2 Å². The zero-order valence-corrected chi connectivity index (χ0v) is 23.8. The number of rotatable bonds is 10. The third kappa shape index (κ3) is 6.47. The summed E-state index contributed by atoms with van der Waals surface area (Å²) < 4.78 is 12.8. The van der Waals surface area contributed by atoms with E-state index >= 15 is 0 Å². The molecule has 41 heavy (non-hydrogen) atoms. The van der Waals surface area contributed by atoms with Crippen molar-refractivity contribution < 1.29 is 14.3 Å². The van der Waals surface area contributed by atoms with Crippen LogP contribution in [-0.2, 0) is 4.79 Å². The number of hydrogen-bond donors (Lipinski definition) is 1. The summed E-state index contributed by atoms with van der Waals surface area (Å²) in [6, 6.07) is 33.6. The van der Waals surface area contributed by atoms with Crippen LogP contribution in [0, 0.1) is 0 Å². The molecule has 0 saturated heterocycles. The van der Waals surface area contributed by atoms with Gasteiger partial charge in [0.1, 0.15) is 0 Å². The maximum Gasteiger partial charge on any atom is 0.250 e. The molecule has 206 valence electrons. The highest BCUT2D eigenvalue weighted by Crippen LogP contribution is 2.34. The van der Waals surface area contributed by atoms with Gasteiger partial charge in [0, 0.05) is 11.3 Å². The topological polar surface area (TPSA) is 90.6 Å². The number of ether oxygens (including phenoxy) is 2. The van der Waals surface area contributed by atoms with Crippen LogP contribution in [0.3, 0.4) is 0 Å². The molecule has 5 aromatic rings.